The van der Waals surface area contributed by atoms with E-state index in [1.807, 2.05) is 0 Å². The molecule has 0 saturated carbocycles. The average Bonchev–Trinajstić information content (AvgIpc) is 2.36. The van der Waals surface area contributed by atoms with Crippen LogP contribution in [0, 0.1) is 12.7 Å². The molecule has 0 aliphatic rings. The second-order valence-electron chi connectivity index (χ2n) is 4.04. The van der Waals surface area contributed by atoms with Crippen molar-refractivity contribution in [3.63, 3.8) is 0 Å². The number of aryl methyl sites for hydroxylation is 1. The first-order valence-corrected chi connectivity index (χ1v) is 6.67. The van der Waals surface area contributed by atoms with Gasteiger partial charge in [-0.05, 0) is 64.8 Å². The van der Waals surface area contributed by atoms with Gasteiger partial charge < -0.3 is 5.32 Å². The van der Waals surface area contributed by atoms with Gasteiger partial charge in [-0.25, -0.2) is 4.39 Å². The molecule has 0 aliphatic heterocycles. The van der Waals surface area contributed by atoms with Crippen molar-refractivity contribution in [1.29, 1.82) is 0 Å². The predicted octanol–water partition coefficient (Wildman–Crippen LogP) is 4.80. The van der Waals surface area contributed by atoms with Crippen molar-refractivity contribution in [2.45, 2.75) is 6.92 Å². The average molecular weight is 343 g/mol. The summed E-state index contributed by atoms with van der Waals surface area (Å²) in [4.78, 5) is 12.1. The van der Waals surface area contributed by atoms with Crippen LogP contribution in [-0.2, 0) is 0 Å². The second kappa shape index (κ2) is 5.72. The molecule has 2 aromatic carbocycles. The van der Waals surface area contributed by atoms with Gasteiger partial charge in [-0.1, -0.05) is 11.6 Å². The van der Waals surface area contributed by atoms with E-state index >= 15 is 0 Å². The quantitative estimate of drug-likeness (QED) is 0.834. The predicted molar refractivity (Wildman–Crippen MR) is 78.2 cm³/mol. The van der Waals surface area contributed by atoms with Gasteiger partial charge >= 0.3 is 0 Å². The Hall–Kier alpha value is -1.39. The van der Waals surface area contributed by atoms with Gasteiger partial charge in [-0.2, -0.15) is 0 Å². The molecule has 0 fully saturated rings. The Morgan fingerprint density at radius 3 is 2.68 bits per heavy atom. The van der Waals surface area contributed by atoms with Crippen LogP contribution in [0.25, 0.3) is 0 Å². The number of rotatable bonds is 2. The zero-order valence-corrected chi connectivity index (χ0v) is 12.3. The summed E-state index contributed by atoms with van der Waals surface area (Å²) in [6.45, 7) is 1.64. The van der Waals surface area contributed by atoms with Crippen LogP contribution in [0.1, 0.15) is 15.9 Å². The molecule has 5 heteroatoms. The first kappa shape index (κ1) is 14.0. The lowest BCUT2D eigenvalue weighted by Crippen LogP contribution is -2.12. The lowest BCUT2D eigenvalue weighted by atomic mass is 10.2. The number of carbonyl (C=O) groups excluding carboxylic acids is 1. The number of nitrogens with one attached hydrogen (secondary N) is 1. The molecule has 0 atom stereocenters. The number of hydrogen-bond acceptors (Lipinski definition) is 1. The molecule has 0 aliphatic carbocycles. The van der Waals surface area contributed by atoms with E-state index in [1.165, 1.54) is 12.1 Å². The zero-order valence-electron chi connectivity index (χ0n) is 10.0. The molecular formula is C14H10BrClFNO. The minimum atomic E-state index is -0.305. The molecule has 0 bridgehead atoms. The van der Waals surface area contributed by atoms with Crippen molar-refractivity contribution in [2.24, 2.45) is 0 Å². The molecule has 0 aromatic heterocycles. The van der Waals surface area contributed by atoms with Crippen LogP contribution < -0.4 is 5.32 Å². The summed E-state index contributed by atoms with van der Waals surface area (Å²) in [5, 5.41) is 3.18. The summed E-state index contributed by atoms with van der Waals surface area (Å²) < 4.78 is 13.8. The van der Waals surface area contributed by atoms with Gasteiger partial charge in [0.15, 0.2) is 0 Å². The van der Waals surface area contributed by atoms with Gasteiger partial charge in [0.1, 0.15) is 5.82 Å². The number of hydrogen-bond donors (Lipinski definition) is 1. The number of amides is 1. The van der Waals surface area contributed by atoms with Gasteiger partial charge in [-0.15, -0.1) is 0 Å². The molecule has 1 amide bonds. The molecule has 2 rings (SSSR count). The van der Waals surface area contributed by atoms with Crippen molar-refractivity contribution in [2.75, 3.05) is 5.32 Å². The Labute approximate surface area is 123 Å². The highest BCUT2D eigenvalue weighted by Gasteiger charge is 2.11. The van der Waals surface area contributed by atoms with E-state index in [2.05, 4.69) is 21.2 Å². The van der Waals surface area contributed by atoms with E-state index in [4.69, 9.17) is 11.6 Å². The summed E-state index contributed by atoms with van der Waals surface area (Å²) in [6, 6.07) is 9.36. The summed E-state index contributed by atoms with van der Waals surface area (Å²) in [5.74, 6) is -0.609. The van der Waals surface area contributed by atoms with Gasteiger partial charge in [-0.3, -0.25) is 4.79 Å². The van der Waals surface area contributed by atoms with Crippen LogP contribution in [0.5, 0.6) is 0 Å². The van der Waals surface area contributed by atoms with Gasteiger partial charge in [0.2, 0.25) is 0 Å². The normalized spacial score (nSPS) is 10.3. The molecule has 0 saturated heterocycles. The van der Waals surface area contributed by atoms with Crippen molar-refractivity contribution in [3.8, 4) is 0 Å². The number of carbonyl (C=O) groups is 1. The molecule has 19 heavy (non-hydrogen) atoms. The fraction of sp³-hybridized carbons (Fsp3) is 0.0714. The topological polar surface area (TPSA) is 29.1 Å². The monoisotopic (exact) mass is 341 g/mol. The third-order valence-corrected chi connectivity index (χ3v) is 3.52. The van der Waals surface area contributed by atoms with E-state index in [-0.39, 0.29) is 11.7 Å². The second-order valence-corrected chi connectivity index (χ2v) is 5.33. The first-order chi connectivity index (χ1) is 8.97. The van der Waals surface area contributed by atoms with Crippen molar-refractivity contribution >= 4 is 39.1 Å². The van der Waals surface area contributed by atoms with Gasteiger partial charge in [0.25, 0.3) is 5.91 Å². The van der Waals surface area contributed by atoms with E-state index in [0.717, 1.165) is 0 Å². The Balaban J connectivity index is 2.25. The third kappa shape index (κ3) is 3.33. The summed E-state index contributed by atoms with van der Waals surface area (Å²) in [5.41, 5.74) is 1.44. The lowest BCUT2D eigenvalue weighted by molar-refractivity contribution is 0.102. The Kier molecular flexibility index (Phi) is 4.22. The molecule has 0 spiro atoms. The van der Waals surface area contributed by atoms with E-state index < -0.39 is 0 Å². The summed E-state index contributed by atoms with van der Waals surface area (Å²) in [7, 11) is 0. The van der Waals surface area contributed by atoms with Crippen LogP contribution in [0.15, 0.2) is 40.9 Å². The number of anilines is 1. The SMILES string of the molecule is Cc1cc(NC(=O)c2cc(Cl)ccc2Br)ccc1F. The summed E-state index contributed by atoms with van der Waals surface area (Å²) in [6.07, 6.45) is 0. The fourth-order valence-corrected chi connectivity index (χ4v) is 2.19. The largest absolute Gasteiger partial charge is 0.322 e. The maximum atomic E-state index is 13.1. The molecule has 98 valence electrons. The van der Waals surface area contributed by atoms with Crippen LogP contribution in [0.3, 0.4) is 0 Å². The highest BCUT2D eigenvalue weighted by atomic mass is 79.9. The van der Waals surface area contributed by atoms with E-state index in [1.54, 1.807) is 31.2 Å². The van der Waals surface area contributed by atoms with Crippen LogP contribution in [0.4, 0.5) is 10.1 Å². The Morgan fingerprint density at radius 2 is 2.00 bits per heavy atom. The van der Waals surface area contributed by atoms with Gasteiger partial charge in [0.05, 0.1) is 5.56 Å². The maximum Gasteiger partial charge on any atom is 0.256 e. The Morgan fingerprint density at radius 1 is 1.26 bits per heavy atom. The minimum Gasteiger partial charge on any atom is -0.322 e. The minimum absolute atomic E-state index is 0.304. The van der Waals surface area contributed by atoms with Crippen LogP contribution in [0.2, 0.25) is 5.02 Å². The smallest absolute Gasteiger partial charge is 0.256 e. The summed E-state index contributed by atoms with van der Waals surface area (Å²) >= 11 is 9.15. The molecule has 0 heterocycles. The van der Waals surface area contributed by atoms with E-state index in [9.17, 15) is 9.18 Å². The number of halogens is 3. The molecule has 0 radical (unpaired) electrons. The first-order valence-electron chi connectivity index (χ1n) is 5.50. The fourth-order valence-electron chi connectivity index (χ4n) is 1.59. The third-order valence-electron chi connectivity index (χ3n) is 2.59. The van der Waals surface area contributed by atoms with Crippen molar-refractivity contribution in [3.05, 3.63) is 62.8 Å². The van der Waals surface area contributed by atoms with Crippen molar-refractivity contribution < 1.29 is 9.18 Å². The lowest BCUT2D eigenvalue weighted by Gasteiger charge is -2.08. The molecule has 1 N–H and O–H groups in total. The molecular weight excluding hydrogens is 333 g/mol. The number of benzene rings is 2. The highest BCUT2D eigenvalue weighted by molar-refractivity contribution is 9.10. The van der Waals surface area contributed by atoms with Crippen LogP contribution >= 0.6 is 27.5 Å². The zero-order chi connectivity index (χ0) is 14.0. The highest BCUT2D eigenvalue weighted by Crippen LogP contribution is 2.22. The molecule has 0 unspecified atom stereocenters. The van der Waals surface area contributed by atoms with E-state index in [0.29, 0.717) is 26.3 Å². The molecule has 2 aromatic rings. The van der Waals surface area contributed by atoms with Crippen molar-refractivity contribution in [1.82, 2.24) is 0 Å². The van der Waals surface area contributed by atoms with Crippen LogP contribution in [-0.4, -0.2) is 5.91 Å². The molecule has 2 nitrogen and oxygen atoms in total. The van der Waals surface area contributed by atoms with Gasteiger partial charge in [0, 0.05) is 15.2 Å². The maximum absolute atomic E-state index is 13.1. The standard InChI is InChI=1S/C14H10BrClFNO/c1-8-6-10(3-5-13(8)17)18-14(19)11-7-9(16)2-4-12(11)15/h2-7H,1H3,(H,18,19). The Bertz CT molecular complexity index is 645.